The molecule has 2 rings (SSSR count). The van der Waals surface area contributed by atoms with Crippen molar-refractivity contribution in [2.24, 2.45) is 0 Å². The second kappa shape index (κ2) is 4.40. The Morgan fingerprint density at radius 1 is 0.846 bits per heavy atom. The molecule has 1 aliphatic carbocycles. The minimum Gasteiger partial charge on any atom is -0.785 e. The average molecular weight is 183 g/mol. The minimum absolute atomic E-state index is 0.719. The molecule has 0 aromatic heterocycles. The summed E-state index contributed by atoms with van der Waals surface area (Å²) in [5.74, 6) is 0. The second-order valence-electron chi connectivity index (χ2n) is 4.26. The van der Waals surface area contributed by atoms with Crippen LogP contribution in [-0.4, -0.2) is 42.2 Å². The average Bonchev–Trinajstić information content (AvgIpc) is 2.20. The molecular formula is C10H19N2O-. The zero-order chi connectivity index (χ0) is 9.10. The van der Waals surface area contributed by atoms with E-state index >= 15 is 0 Å². The first-order chi connectivity index (χ1) is 6.36. The molecule has 3 heteroatoms. The van der Waals surface area contributed by atoms with Gasteiger partial charge in [0.25, 0.3) is 0 Å². The van der Waals surface area contributed by atoms with Gasteiger partial charge in [-0.3, -0.25) is 4.90 Å². The van der Waals surface area contributed by atoms with Crippen LogP contribution in [0.5, 0.6) is 0 Å². The van der Waals surface area contributed by atoms with Crippen LogP contribution in [0.3, 0.4) is 0 Å². The van der Waals surface area contributed by atoms with Crippen molar-refractivity contribution in [3.8, 4) is 0 Å². The van der Waals surface area contributed by atoms with Gasteiger partial charge in [0.15, 0.2) is 0 Å². The topological polar surface area (TPSA) is 29.5 Å². The maximum Gasteiger partial charge on any atom is 0.0103 e. The lowest BCUT2D eigenvalue weighted by Gasteiger charge is -2.43. The largest absolute Gasteiger partial charge is 0.785 e. The summed E-state index contributed by atoms with van der Waals surface area (Å²) in [6.07, 6.45) is 6.92. The number of piperazine rings is 1. The van der Waals surface area contributed by atoms with Crippen LogP contribution < -0.4 is 0 Å². The summed E-state index contributed by atoms with van der Waals surface area (Å²) in [4.78, 5) is 2.52. The third kappa shape index (κ3) is 2.42. The molecule has 0 radical (unpaired) electrons. The van der Waals surface area contributed by atoms with Crippen LogP contribution in [0.1, 0.15) is 32.1 Å². The van der Waals surface area contributed by atoms with Gasteiger partial charge in [0, 0.05) is 19.1 Å². The molecule has 0 atom stereocenters. The Balaban J connectivity index is 1.79. The fourth-order valence-corrected chi connectivity index (χ4v) is 2.51. The van der Waals surface area contributed by atoms with Crippen molar-refractivity contribution in [3.05, 3.63) is 5.21 Å². The van der Waals surface area contributed by atoms with E-state index in [1.807, 2.05) is 0 Å². The molecule has 1 heterocycles. The third-order valence-corrected chi connectivity index (χ3v) is 3.36. The van der Waals surface area contributed by atoms with Crippen LogP contribution in [-0.2, 0) is 0 Å². The lowest BCUT2D eigenvalue weighted by atomic mass is 9.94. The van der Waals surface area contributed by atoms with Gasteiger partial charge in [-0.15, -0.1) is 0 Å². The van der Waals surface area contributed by atoms with Crippen LogP contribution >= 0.6 is 0 Å². The van der Waals surface area contributed by atoms with Gasteiger partial charge < -0.3 is 10.3 Å². The lowest BCUT2D eigenvalue weighted by Crippen LogP contribution is -2.48. The number of rotatable bonds is 1. The van der Waals surface area contributed by atoms with Gasteiger partial charge in [-0.05, 0) is 25.9 Å². The Kier molecular flexibility index (Phi) is 3.19. The number of nitrogens with zero attached hydrogens (tertiary/aromatic N) is 2. The molecule has 0 aromatic carbocycles. The standard InChI is InChI=1S/C10H19N2O/c13-12-8-6-11(7-9-12)10-4-2-1-3-5-10/h10H,1-9H2/q-1. The van der Waals surface area contributed by atoms with Gasteiger partial charge in [-0.25, -0.2) is 0 Å². The van der Waals surface area contributed by atoms with Crippen molar-refractivity contribution in [3.63, 3.8) is 0 Å². The van der Waals surface area contributed by atoms with E-state index in [0.717, 1.165) is 32.2 Å². The van der Waals surface area contributed by atoms with E-state index in [2.05, 4.69) is 4.90 Å². The highest BCUT2D eigenvalue weighted by Crippen LogP contribution is 2.23. The molecule has 0 aromatic rings. The molecule has 1 aliphatic heterocycles. The van der Waals surface area contributed by atoms with Gasteiger partial charge >= 0.3 is 0 Å². The maximum absolute atomic E-state index is 11.0. The van der Waals surface area contributed by atoms with Gasteiger partial charge in [0.05, 0.1) is 0 Å². The van der Waals surface area contributed by atoms with E-state index in [1.54, 1.807) is 0 Å². The van der Waals surface area contributed by atoms with Crippen molar-refractivity contribution in [2.45, 2.75) is 38.1 Å². The summed E-state index contributed by atoms with van der Waals surface area (Å²) < 4.78 is 0. The number of hydrogen-bond acceptors (Lipinski definition) is 3. The molecule has 76 valence electrons. The highest BCUT2D eigenvalue weighted by molar-refractivity contribution is 4.80. The summed E-state index contributed by atoms with van der Waals surface area (Å²) in [5, 5.41) is 12.2. The second-order valence-corrected chi connectivity index (χ2v) is 4.26. The predicted octanol–water partition coefficient (Wildman–Crippen LogP) is 1.43. The highest BCUT2D eigenvalue weighted by atomic mass is 16.5. The predicted molar refractivity (Wildman–Crippen MR) is 53.4 cm³/mol. The molecule has 2 fully saturated rings. The normalized spacial score (nSPS) is 29.3. The van der Waals surface area contributed by atoms with Crippen molar-refractivity contribution < 1.29 is 0 Å². The SMILES string of the molecule is [O-]N1CCN(C2CCCCC2)CC1. The zero-order valence-electron chi connectivity index (χ0n) is 8.24. The van der Waals surface area contributed by atoms with Crippen LogP contribution in [0.25, 0.3) is 0 Å². The number of hydroxylamine groups is 2. The van der Waals surface area contributed by atoms with E-state index in [1.165, 1.54) is 37.2 Å². The molecule has 3 nitrogen and oxygen atoms in total. The molecule has 1 saturated carbocycles. The van der Waals surface area contributed by atoms with E-state index in [9.17, 15) is 5.21 Å². The fourth-order valence-electron chi connectivity index (χ4n) is 2.51. The van der Waals surface area contributed by atoms with Gasteiger partial charge in [0.2, 0.25) is 0 Å². The lowest BCUT2D eigenvalue weighted by molar-refractivity contribution is 0.0997. The monoisotopic (exact) mass is 183 g/mol. The van der Waals surface area contributed by atoms with Crippen molar-refractivity contribution in [1.29, 1.82) is 0 Å². The fraction of sp³-hybridized carbons (Fsp3) is 1.00. The van der Waals surface area contributed by atoms with Crippen LogP contribution in [0.15, 0.2) is 0 Å². The first kappa shape index (κ1) is 9.44. The molecule has 0 amide bonds. The summed E-state index contributed by atoms with van der Waals surface area (Å²) in [5.41, 5.74) is 0. The third-order valence-electron chi connectivity index (χ3n) is 3.36. The minimum atomic E-state index is 0.719. The first-order valence-electron chi connectivity index (χ1n) is 5.52. The van der Waals surface area contributed by atoms with E-state index in [4.69, 9.17) is 0 Å². The van der Waals surface area contributed by atoms with E-state index in [-0.39, 0.29) is 0 Å². The molecule has 0 spiro atoms. The van der Waals surface area contributed by atoms with Gasteiger partial charge in [-0.2, -0.15) is 0 Å². The smallest absolute Gasteiger partial charge is 0.0103 e. The van der Waals surface area contributed by atoms with Gasteiger partial charge in [-0.1, -0.05) is 19.3 Å². The Hall–Kier alpha value is -0.120. The quantitative estimate of drug-likeness (QED) is 0.616. The summed E-state index contributed by atoms with van der Waals surface area (Å²) in [6, 6.07) is 0.794. The van der Waals surface area contributed by atoms with Crippen molar-refractivity contribution in [2.75, 3.05) is 26.2 Å². The molecule has 0 bridgehead atoms. The molecular weight excluding hydrogens is 164 g/mol. The zero-order valence-corrected chi connectivity index (χ0v) is 8.24. The maximum atomic E-state index is 11.0. The van der Waals surface area contributed by atoms with Crippen LogP contribution in [0.2, 0.25) is 0 Å². The Labute approximate surface area is 80.3 Å². The van der Waals surface area contributed by atoms with E-state index < -0.39 is 0 Å². The first-order valence-corrected chi connectivity index (χ1v) is 5.52. The molecule has 2 aliphatic rings. The molecule has 1 saturated heterocycles. The number of hydrogen-bond donors (Lipinski definition) is 0. The molecule has 0 N–H and O–H groups in total. The van der Waals surface area contributed by atoms with Crippen molar-refractivity contribution >= 4 is 0 Å². The Bertz CT molecular complexity index is 149. The van der Waals surface area contributed by atoms with E-state index in [0.29, 0.717) is 0 Å². The van der Waals surface area contributed by atoms with Crippen molar-refractivity contribution in [1.82, 2.24) is 9.96 Å². The summed E-state index contributed by atoms with van der Waals surface area (Å²) in [7, 11) is 0. The Morgan fingerprint density at radius 3 is 2.08 bits per heavy atom. The summed E-state index contributed by atoms with van der Waals surface area (Å²) >= 11 is 0. The van der Waals surface area contributed by atoms with Gasteiger partial charge in [0.1, 0.15) is 0 Å². The Morgan fingerprint density at radius 2 is 1.46 bits per heavy atom. The molecule has 13 heavy (non-hydrogen) atoms. The van der Waals surface area contributed by atoms with Crippen LogP contribution in [0, 0.1) is 5.21 Å². The van der Waals surface area contributed by atoms with Crippen LogP contribution in [0.4, 0.5) is 0 Å². The summed E-state index contributed by atoms with van der Waals surface area (Å²) in [6.45, 7) is 3.43. The highest BCUT2D eigenvalue weighted by Gasteiger charge is 2.22. The molecule has 0 unspecified atom stereocenters.